The van der Waals surface area contributed by atoms with Crippen LogP contribution in [0.5, 0.6) is 0 Å². The van der Waals surface area contributed by atoms with Gasteiger partial charge in [-0.2, -0.15) is 4.31 Å². The molecule has 4 nitrogen and oxygen atoms in total. The van der Waals surface area contributed by atoms with E-state index in [1.807, 2.05) is 20.8 Å². The molecule has 0 N–H and O–H groups in total. The topological polar surface area (TPSA) is 46.6 Å². The summed E-state index contributed by atoms with van der Waals surface area (Å²) in [7, 11) is -3.27. The first kappa shape index (κ1) is 13.9. The smallest absolute Gasteiger partial charge is 0.219 e. The number of sulfonamides is 1. The highest BCUT2D eigenvalue weighted by Gasteiger charge is 2.47. The second-order valence-corrected chi connectivity index (χ2v) is 8.26. The third kappa shape index (κ3) is 2.26. The van der Waals surface area contributed by atoms with Crippen LogP contribution in [0, 0.1) is 5.41 Å². The van der Waals surface area contributed by atoms with E-state index in [9.17, 15) is 8.42 Å². The van der Waals surface area contributed by atoms with Crippen molar-refractivity contribution in [2.24, 2.45) is 5.41 Å². The van der Waals surface area contributed by atoms with E-state index in [-0.39, 0.29) is 5.41 Å². The summed E-state index contributed by atoms with van der Waals surface area (Å²) in [4.78, 5) is 0. The van der Waals surface area contributed by atoms with Crippen molar-refractivity contribution in [3.05, 3.63) is 0 Å². The van der Waals surface area contributed by atoms with Crippen molar-refractivity contribution in [3.63, 3.8) is 0 Å². The van der Waals surface area contributed by atoms with Crippen LogP contribution >= 0.6 is 0 Å². The standard InChI is InChI=1S/C11H23NO3S/c1-10(2,3)11(4,5)16(13,14)12-6-8-15-9-7-12/h6-9H2,1-5H3. The monoisotopic (exact) mass is 249 g/mol. The van der Waals surface area contributed by atoms with E-state index in [1.54, 1.807) is 18.2 Å². The Balaban J connectivity index is 3.01. The number of morpholine rings is 1. The molecule has 1 aliphatic heterocycles. The Kier molecular flexibility index (Phi) is 3.72. The van der Waals surface area contributed by atoms with Crippen LogP contribution in [0.3, 0.4) is 0 Å². The molecule has 0 radical (unpaired) electrons. The minimum Gasteiger partial charge on any atom is -0.379 e. The summed E-state index contributed by atoms with van der Waals surface area (Å²) < 4.78 is 31.0. The highest BCUT2D eigenvalue weighted by Crippen LogP contribution is 2.38. The zero-order valence-electron chi connectivity index (χ0n) is 10.9. The van der Waals surface area contributed by atoms with Gasteiger partial charge >= 0.3 is 0 Å². The highest BCUT2D eigenvalue weighted by molar-refractivity contribution is 7.90. The number of rotatable bonds is 2. The van der Waals surface area contributed by atoms with Gasteiger partial charge in [0.25, 0.3) is 0 Å². The third-order valence-corrected chi connectivity index (χ3v) is 6.71. The van der Waals surface area contributed by atoms with Gasteiger partial charge in [-0.1, -0.05) is 20.8 Å². The van der Waals surface area contributed by atoms with Crippen molar-refractivity contribution >= 4 is 10.0 Å². The molecule has 0 amide bonds. The zero-order valence-corrected chi connectivity index (χ0v) is 11.7. The molecule has 0 aliphatic carbocycles. The van der Waals surface area contributed by atoms with Gasteiger partial charge in [-0.25, -0.2) is 8.42 Å². The van der Waals surface area contributed by atoms with Gasteiger partial charge in [0.1, 0.15) is 0 Å². The van der Waals surface area contributed by atoms with Crippen molar-refractivity contribution in [3.8, 4) is 0 Å². The molecule has 1 fully saturated rings. The molecule has 0 aromatic heterocycles. The molecule has 5 heteroatoms. The lowest BCUT2D eigenvalue weighted by atomic mass is 9.83. The lowest BCUT2D eigenvalue weighted by molar-refractivity contribution is 0.0707. The highest BCUT2D eigenvalue weighted by atomic mass is 32.2. The lowest BCUT2D eigenvalue weighted by Gasteiger charge is -2.42. The molecule has 1 saturated heterocycles. The molecule has 1 aliphatic rings. The van der Waals surface area contributed by atoms with E-state index < -0.39 is 14.8 Å². The molecule has 0 aromatic rings. The summed E-state index contributed by atoms with van der Waals surface area (Å²) in [6, 6.07) is 0. The molecule has 0 bridgehead atoms. The first-order chi connectivity index (χ1) is 7.11. The van der Waals surface area contributed by atoms with Crippen molar-refractivity contribution < 1.29 is 13.2 Å². The number of ether oxygens (including phenoxy) is 1. The Bertz CT molecular complexity index is 335. The predicted octanol–water partition coefficient (Wildman–Crippen LogP) is 1.47. The minimum atomic E-state index is -3.27. The second kappa shape index (κ2) is 4.27. The van der Waals surface area contributed by atoms with Crippen molar-refractivity contribution in [1.82, 2.24) is 4.31 Å². The Labute approximate surface area is 99.0 Å². The fourth-order valence-corrected chi connectivity index (χ4v) is 3.55. The molecule has 96 valence electrons. The van der Waals surface area contributed by atoms with Gasteiger partial charge in [-0.15, -0.1) is 0 Å². The van der Waals surface area contributed by atoms with Gasteiger partial charge < -0.3 is 4.74 Å². The maximum Gasteiger partial charge on any atom is 0.219 e. The number of nitrogens with zero attached hydrogens (tertiary/aromatic N) is 1. The van der Waals surface area contributed by atoms with E-state index in [2.05, 4.69) is 0 Å². The van der Waals surface area contributed by atoms with Crippen molar-refractivity contribution in [2.75, 3.05) is 26.3 Å². The summed E-state index contributed by atoms with van der Waals surface area (Å²) >= 11 is 0. The molecule has 0 spiro atoms. The zero-order chi connectivity index (χ0) is 12.6. The molecule has 1 heterocycles. The van der Waals surface area contributed by atoms with E-state index in [0.29, 0.717) is 26.3 Å². The first-order valence-electron chi connectivity index (χ1n) is 5.68. The Morgan fingerprint density at radius 1 is 1.00 bits per heavy atom. The third-order valence-electron chi connectivity index (χ3n) is 3.76. The average Bonchev–Trinajstić information content (AvgIpc) is 2.17. The molecule has 1 rings (SSSR count). The number of hydrogen-bond donors (Lipinski definition) is 0. The van der Waals surface area contributed by atoms with E-state index in [1.165, 1.54) is 0 Å². The van der Waals surface area contributed by atoms with Crippen LogP contribution in [-0.2, 0) is 14.8 Å². The average molecular weight is 249 g/mol. The van der Waals surface area contributed by atoms with Crippen LogP contribution in [0.1, 0.15) is 34.6 Å². The molecular formula is C11H23NO3S. The summed E-state index contributed by atoms with van der Waals surface area (Å²) in [5, 5.41) is 0. The Morgan fingerprint density at radius 2 is 1.44 bits per heavy atom. The van der Waals surface area contributed by atoms with Gasteiger partial charge in [-0.3, -0.25) is 0 Å². The Morgan fingerprint density at radius 3 is 1.81 bits per heavy atom. The van der Waals surface area contributed by atoms with Crippen LogP contribution < -0.4 is 0 Å². The molecule has 16 heavy (non-hydrogen) atoms. The van der Waals surface area contributed by atoms with Gasteiger partial charge in [0.15, 0.2) is 0 Å². The summed E-state index contributed by atoms with van der Waals surface area (Å²) in [6.07, 6.45) is 0. The molecule has 0 saturated carbocycles. The van der Waals surface area contributed by atoms with Crippen LogP contribution in [0.4, 0.5) is 0 Å². The fraction of sp³-hybridized carbons (Fsp3) is 1.00. The van der Waals surface area contributed by atoms with Gasteiger partial charge in [0.2, 0.25) is 10.0 Å². The van der Waals surface area contributed by atoms with Crippen molar-refractivity contribution in [1.29, 1.82) is 0 Å². The summed E-state index contributed by atoms with van der Waals surface area (Å²) in [6.45, 7) is 11.4. The van der Waals surface area contributed by atoms with E-state index in [0.717, 1.165) is 0 Å². The maximum absolute atomic E-state index is 12.5. The van der Waals surface area contributed by atoms with Gasteiger partial charge in [0, 0.05) is 13.1 Å². The quantitative estimate of drug-likeness (QED) is 0.744. The number of hydrogen-bond acceptors (Lipinski definition) is 3. The summed E-state index contributed by atoms with van der Waals surface area (Å²) in [5.41, 5.74) is -0.288. The predicted molar refractivity (Wildman–Crippen MR) is 64.8 cm³/mol. The maximum atomic E-state index is 12.5. The van der Waals surface area contributed by atoms with Crippen LogP contribution in [0.25, 0.3) is 0 Å². The van der Waals surface area contributed by atoms with Crippen LogP contribution in [0.15, 0.2) is 0 Å². The minimum absolute atomic E-state index is 0.288. The molecule has 0 atom stereocenters. The normalized spacial score (nSPS) is 21.1. The molecule has 0 aromatic carbocycles. The largest absolute Gasteiger partial charge is 0.379 e. The van der Waals surface area contributed by atoms with Gasteiger partial charge in [-0.05, 0) is 19.3 Å². The van der Waals surface area contributed by atoms with E-state index in [4.69, 9.17) is 4.74 Å². The Hall–Kier alpha value is -0.130. The molecular weight excluding hydrogens is 226 g/mol. The first-order valence-corrected chi connectivity index (χ1v) is 7.12. The molecule has 0 unspecified atom stereocenters. The van der Waals surface area contributed by atoms with Gasteiger partial charge in [0.05, 0.1) is 18.0 Å². The fourth-order valence-electron chi connectivity index (χ4n) is 1.50. The van der Waals surface area contributed by atoms with E-state index >= 15 is 0 Å². The van der Waals surface area contributed by atoms with Crippen LogP contribution in [-0.4, -0.2) is 43.8 Å². The second-order valence-electron chi connectivity index (χ2n) is 5.78. The van der Waals surface area contributed by atoms with Crippen molar-refractivity contribution in [2.45, 2.75) is 39.4 Å². The lowest BCUT2D eigenvalue weighted by Crippen LogP contribution is -2.54. The SMILES string of the molecule is CC(C)(C)C(C)(C)S(=O)(=O)N1CCOCC1. The van der Waals surface area contributed by atoms with Crippen LogP contribution in [0.2, 0.25) is 0 Å². The summed E-state index contributed by atoms with van der Waals surface area (Å²) in [5.74, 6) is 0.